The van der Waals surface area contributed by atoms with Gasteiger partial charge in [-0.05, 0) is 98.7 Å². The van der Waals surface area contributed by atoms with E-state index in [1.807, 2.05) is 42.1 Å². The van der Waals surface area contributed by atoms with Gasteiger partial charge >= 0.3 is 0 Å². The normalized spacial score (nSPS) is 16.6. The number of benzene rings is 3. The van der Waals surface area contributed by atoms with Crippen molar-refractivity contribution in [2.45, 2.75) is 85.2 Å². The van der Waals surface area contributed by atoms with Crippen molar-refractivity contribution >= 4 is 40.1 Å². The largest absolute Gasteiger partial charge is 0.381 e. The molecule has 11 nitrogen and oxygen atoms in total. The minimum Gasteiger partial charge on any atom is -0.381 e. The summed E-state index contributed by atoms with van der Waals surface area (Å²) in [7, 11) is 0. The number of aryl methyl sites for hydroxylation is 3. The van der Waals surface area contributed by atoms with Gasteiger partial charge in [-0.25, -0.2) is 9.67 Å². The van der Waals surface area contributed by atoms with Gasteiger partial charge in [-0.1, -0.05) is 42.8 Å². The van der Waals surface area contributed by atoms with Gasteiger partial charge in [0.1, 0.15) is 0 Å². The molecule has 56 heavy (non-hydrogen) atoms. The fraction of sp³-hybridized carbons (Fsp3) is 0.409. The Hall–Kier alpha value is -4.81. The first-order valence-corrected chi connectivity index (χ1v) is 20.3. The summed E-state index contributed by atoms with van der Waals surface area (Å²) in [5.41, 5.74) is 9.46. The minimum absolute atomic E-state index is 0.249. The molecule has 2 amide bonds. The monoisotopic (exact) mass is 776 g/mol. The first-order chi connectivity index (χ1) is 27.2. The molecule has 7 rings (SSSR count). The highest BCUT2D eigenvalue weighted by atomic mass is 35.5. The minimum atomic E-state index is -0.262. The molecule has 0 saturated carbocycles. The van der Waals surface area contributed by atoms with E-state index in [1.165, 1.54) is 5.56 Å². The fourth-order valence-corrected chi connectivity index (χ4v) is 8.02. The summed E-state index contributed by atoms with van der Waals surface area (Å²) in [5, 5.41) is 19.6. The molecule has 0 unspecified atom stereocenters. The average Bonchev–Trinajstić information content (AvgIpc) is 3.63. The van der Waals surface area contributed by atoms with Crippen molar-refractivity contribution in [1.82, 2.24) is 35.6 Å². The number of aromatic nitrogens is 3. The third kappa shape index (κ3) is 9.08. The third-order valence-corrected chi connectivity index (χ3v) is 11.3. The molecule has 2 fully saturated rings. The van der Waals surface area contributed by atoms with Gasteiger partial charge in [0.05, 0.1) is 17.3 Å². The van der Waals surface area contributed by atoms with Crippen LogP contribution < -0.4 is 21.3 Å². The number of piperazine rings is 1. The van der Waals surface area contributed by atoms with Crippen LogP contribution in [-0.2, 0) is 37.3 Å². The van der Waals surface area contributed by atoms with Crippen molar-refractivity contribution in [3.8, 4) is 11.1 Å². The summed E-state index contributed by atoms with van der Waals surface area (Å²) in [5.74, 6) is -0.521. The zero-order valence-electron chi connectivity index (χ0n) is 32.9. The predicted molar refractivity (Wildman–Crippen MR) is 223 cm³/mol. The van der Waals surface area contributed by atoms with Gasteiger partial charge in [0.25, 0.3) is 11.8 Å². The molecule has 5 aromatic rings. The number of hydrogen-bond acceptors (Lipinski definition) is 8. The molecule has 2 aromatic heterocycles. The van der Waals surface area contributed by atoms with Crippen molar-refractivity contribution in [2.24, 2.45) is 0 Å². The molecule has 0 spiro atoms. The number of nitrogens with one attached hydrogen (secondary N) is 4. The molecule has 0 aliphatic carbocycles. The Labute approximate surface area is 334 Å². The van der Waals surface area contributed by atoms with E-state index in [0.717, 1.165) is 89.3 Å². The van der Waals surface area contributed by atoms with Crippen LogP contribution in [0.25, 0.3) is 22.2 Å². The SMILES string of the molecule is CCc1nc2c(cnn2CC)c(NC2CCOCC2)c1CNC(=O)c1cc(C)cc(C(=O)NCc2ccc(Cl)c(-c3cccc(CN4CCNC[C@@H]4C)c3)c2)c1. The van der Waals surface area contributed by atoms with Crippen LogP contribution in [0.15, 0.2) is 66.9 Å². The molecule has 4 heterocycles. The Morgan fingerprint density at radius 2 is 1.73 bits per heavy atom. The maximum Gasteiger partial charge on any atom is 0.251 e. The summed E-state index contributed by atoms with van der Waals surface area (Å²) in [6, 6.07) is 20.4. The standard InChI is InChI=1S/C44H53ClN8O3/c1-5-40-37(41(50-35-12-16-56-17-13-35)38-26-49-53(6-2)42(38)51-40)25-48-44(55)34-19-28(3)18-33(22-34)43(54)47-24-30-10-11-39(45)36(21-30)32-9-7-8-31(20-32)27-52-15-14-46-23-29(52)4/h7-11,18-22,26,29,35,46H,5-6,12-17,23-25,27H2,1-4H3,(H,47,54)(H,48,55)(H,50,51)/t29-/m0/s1. The van der Waals surface area contributed by atoms with E-state index in [4.69, 9.17) is 21.3 Å². The van der Waals surface area contributed by atoms with Crippen molar-refractivity contribution in [3.63, 3.8) is 0 Å². The van der Waals surface area contributed by atoms with Gasteiger partial charge in [0.2, 0.25) is 0 Å². The highest BCUT2D eigenvalue weighted by molar-refractivity contribution is 6.33. The molecular formula is C44H53ClN8O3. The molecule has 1 atom stereocenters. The quantitative estimate of drug-likeness (QED) is 0.102. The highest BCUT2D eigenvalue weighted by Gasteiger charge is 2.23. The number of ether oxygens (including phenoxy) is 1. The summed E-state index contributed by atoms with van der Waals surface area (Å²) in [6.45, 7) is 14.9. The first kappa shape index (κ1) is 39.4. The summed E-state index contributed by atoms with van der Waals surface area (Å²) in [6.07, 6.45) is 4.36. The van der Waals surface area contributed by atoms with E-state index < -0.39 is 0 Å². The van der Waals surface area contributed by atoms with Gasteiger partial charge in [-0.15, -0.1) is 0 Å². The van der Waals surface area contributed by atoms with Gasteiger partial charge in [0.15, 0.2) is 5.65 Å². The van der Waals surface area contributed by atoms with Crippen LogP contribution >= 0.6 is 11.6 Å². The molecule has 2 saturated heterocycles. The number of anilines is 1. The van der Waals surface area contributed by atoms with Crippen LogP contribution in [0.3, 0.4) is 0 Å². The molecule has 294 valence electrons. The smallest absolute Gasteiger partial charge is 0.251 e. The van der Waals surface area contributed by atoms with Gasteiger partial charge < -0.3 is 26.0 Å². The van der Waals surface area contributed by atoms with Crippen molar-refractivity contribution in [1.29, 1.82) is 0 Å². The number of amides is 2. The molecule has 4 N–H and O–H groups in total. The van der Waals surface area contributed by atoms with E-state index in [-0.39, 0.29) is 24.4 Å². The Bertz CT molecular complexity index is 2200. The first-order valence-electron chi connectivity index (χ1n) is 19.9. The molecular weight excluding hydrogens is 724 g/mol. The number of hydrogen-bond donors (Lipinski definition) is 4. The van der Waals surface area contributed by atoms with Crippen molar-refractivity contribution < 1.29 is 14.3 Å². The number of rotatable bonds is 13. The summed E-state index contributed by atoms with van der Waals surface area (Å²) < 4.78 is 7.52. The summed E-state index contributed by atoms with van der Waals surface area (Å²) in [4.78, 5) is 34.8. The number of carbonyl (C=O) groups excluding carboxylic acids is 2. The van der Waals surface area contributed by atoms with Crippen LogP contribution in [-0.4, -0.2) is 76.4 Å². The molecule has 0 radical (unpaired) electrons. The zero-order chi connectivity index (χ0) is 39.2. The molecule has 12 heteroatoms. The van der Waals surface area contributed by atoms with Crippen LogP contribution in [0.1, 0.15) is 82.3 Å². The predicted octanol–water partition coefficient (Wildman–Crippen LogP) is 6.89. The molecule has 2 aliphatic rings. The molecule has 2 aliphatic heterocycles. The number of halogens is 1. The lowest BCUT2D eigenvalue weighted by molar-refractivity contribution is 0.0904. The van der Waals surface area contributed by atoms with Gasteiger partial charge in [0, 0.05) is 104 Å². The van der Waals surface area contributed by atoms with Gasteiger partial charge in [-0.2, -0.15) is 5.10 Å². The van der Waals surface area contributed by atoms with E-state index in [2.05, 4.69) is 76.3 Å². The second-order valence-electron chi connectivity index (χ2n) is 15.0. The van der Waals surface area contributed by atoms with Crippen LogP contribution in [0, 0.1) is 6.92 Å². The van der Waals surface area contributed by atoms with Gasteiger partial charge in [-0.3, -0.25) is 14.5 Å². The maximum atomic E-state index is 13.8. The van der Waals surface area contributed by atoms with E-state index in [9.17, 15) is 9.59 Å². The number of pyridine rings is 1. The van der Waals surface area contributed by atoms with Crippen LogP contribution in [0.4, 0.5) is 5.69 Å². The molecule has 3 aromatic carbocycles. The highest BCUT2D eigenvalue weighted by Crippen LogP contribution is 2.32. The average molecular weight is 777 g/mol. The van der Waals surface area contributed by atoms with E-state index in [0.29, 0.717) is 54.9 Å². The number of fused-ring (bicyclic) bond motifs is 1. The maximum absolute atomic E-state index is 13.8. The lowest BCUT2D eigenvalue weighted by atomic mass is 10.00. The Balaban J connectivity index is 1.04. The lowest BCUT2D eigenvalue weighted by Gasteiger charge is -2.34. The van der Waals surface area contributed by atoms with Crippen molar-refractivity contribution in [3.05, 3.63) is 111 Å². The Kier molecular flexibility index (Phi) is 12.7. The lowest BCUT2D eigenvalue weighted by Crippen LogP contribution is -2.49. The number of nitrogens with zero attached hydrogens (tertiary/aromatic N) is 4. The third-order valence-electron chi connectivity index (χ3n) is 10.9. The zero-order valence-corrected chi connectivity index (χ0v) is 33.6. The summed E-state index contributed by atoms with van der Waals surface area (Å²) >= 11 is 6.73. The second-order valence-corrected chi connectivity index (χ2v) is 15.4. The topological polar surface area (TPSA) is 125 Å². The molecule has 0 bridgehead atoms. The van der Waals surface area contributed by atoms with Crippen LogP contribution in [0.2, 0.25) is 5.02 Å². The Morgan fingerprint density at radius 1 is 0.964 bits per heavy atom. The van der Waals surface area contributed by atoms with Crippen molar-refractivity contribution in [2.75, 3.05) is 38.2 Å². The number of carbonyl (C=O) groups is 2. The van der Waals surface area contributed by atoms with E-state index in [1.54, 1.807) is 12.1 Å². The fourth-order valence-electron chi connectivity index (χ4n) is 7.79. The van der Waals surface area contributed by atoms with E-state index >= 15 is 0 Å². The van der Waals surface area contributed by atoms with Crippen LogP contribution in [0.5, 0.6) is 0 Å². The Morgan fingerprint density at radius 3 is 2.46 bits per heavy atom. The second kappa shape index (κ2) is 18.0.